The summed E-state index contributed by atoms with van der Waals surface area (Å²) in [5.74, 6) is 1.66. The smallest absolute Gasteiger partial charge is 0.161 e. The zero-order valence-electron chi connectivity index (χ0n) is 12.8. The summed E-state index contributed by atoms with van der Waals surface area (Å²) < 4.78 is 16.8. The third-order valence-corrected chi connectivity index (χ3v) is 4.30. The summed E-state index contributed by atoms with van der Waals surface area (Å²) in [6, 6.07) is 6.90. The van der Waals surface area contributed by atoms with Crippen molar-refractivity contribution >= 4 is 0 Å². The molecule has 4 heteroatoms. The van der Waals surface area contributed by atoms with Crippen molar-refractivity contribution in [3.8, 4) is 11.5 Å². The van der Waals surface area contributed by atoms with Gasteiger partial charge in [-0.1, -0.05) is 12.5 Å². The third-order valence-electron chi connectivity index (χ3n) is 4.30. The highest BCUT2D eigenvalue weighted by Crippen LogP contribution is 2.31. The predicted molar refractivity (Wildman–Crippen MR) is 82.2 cm³/mol. The van der Waals surface area contributed by atoms with Crippen LogP contribution < -0.4 is 14.8 Å². The van der Waals surface area contributed by atoms with Gasteiger partial charge in [0.15, 0.2) is 11.5 Å². The Kier molecular flexibility index (Phi) is 4.99. The number of benzene rings is 1. The molecular formula is C17H25NO3. The first-order valence-corrected chi connectivity index (χ1v) is 8.00. The van der Waals surface area contributed by atoms with Gasteiger partial charge in [-0.2, -0.15) is 0 Å². The van der Waals surface area contributed by atoms with E-state index >= 15 is 0 Å². The molecule has 0 radical (unpaired) electrons. The maximum absolute atomic E-state index is 5.98. The number of hydrogen-bond donors (Lipinski definition) is 1. The lowest BCUT2D eigenvalue weighted by atomic mass is 9.97. The van der Waals surface area contributed by atoms with Gasteiger partial charge in [0.05, 0.1) is 20.3 Å². The van der Waals surface area contributed by atoms with Crippen LogP contribution in [0.25, 0.3) is 0 Å². The van der Waals surface area contributed by atoms with Crippen LogP contribution in [0.3, 0.4) is 0 Å². The molecule has 2 atom stereocenters. The first-order chi connectivity index (χ1) is 10.3. The van der Waals surface area contributed by atoms with Crippen molar-refractivity contribution in [2.75, 3.05) is 26.9 Å². The molecule has 2 fully saturated rings. The van der Waals surface area contributed by atoms with E-state index in [1.54, 1.807) is 7.11 Å². The van der Waals surface area contributed by atoms with Gasteiger partial charge in [0, 0.05) is 12.5 Å². The van der Waals surface area contributed by atoms with E-state index in [1.165, 1.54) is 24.8 Å². The molecule has 0 bridgehead atoms. The summed E-state index contributed by atoms with van der Waals surface area (Å²) in [7, 11) is 1.70. The van der Waals surface area contributed by atoms with Crippen LogP contribution in [0.15, 0.2) is 18.2 Å². The van der Waals surface area contributed by atoms with E-state index in [9.17, 15) is 0 Å². The normalized spacial score (nSPS) is 25.8. The maximum atomic E-state index is 5.98. The Hall–Kier alpha value is -1.26. The standard InChI is InChI=1S/C17H25NO3/c1-19-17-11-13(10-14-4-2-3-8-18-14)5-6-16(17)21-15-7-9-20-12-15/h5-6,11,14-15,18H,2-4,7-10,12H2,1H3. The van der Waals surface area contributed by atoms with Gasteiger partial charge in [-0.05, 0) is 43.5 Å². The quantitative estimate of drug-likeness (QED) is 0.905. The molecule has 0 spiro atoms. The van der Waals surface area contributed by atoms with E-state index in [1.807, 2.05) is 6.07 Å². The van der Waals surface area contributed by atoms with Gasteiger partial charge in [-0.3, -0.25) is 0 Å². The summed E-state index contributed by atoms with van der Waals surface area (Å²) in [6.07, 6.45) is 6.07. The molecule has 0 aliphatic carbocycles. The molecule has 2 aliphatic heterocycles. The van der Waals surface area contributed by atoms with Gasteiger partial charge in [-0.25, -0.2) is 0 Å². The average molecular weight is 291 g/mol. The van der Waals surface area contributed by atoms with Gasteiger partial charge < -0.3 is 19.5 Å². The number of ether oxygens (including phenoxy) is 3. The van der Waals surface area contributed by atoms with Crippen molar-refractivity contribution in [1.29, 1.82) is 0 Å². The van der Waals surface area contributed by atoms with Crippen molar-refractivity contribution in [3.05, 3.63) is 23.8 Å². The van der Waals surface area contributed by atoms with E-state index < -0.39 is 0 Å². The molecule has 2 heterocycles. The lowest BCUT2D eigenvalue weighted by Crippen LogP contribution is -2.35. The molecule has 4 nitrogen and oxygen atoms in total. The van der Waals surface area contributed by atoms with Crippen LogP contribution in [0.2, 0.25) is 0 Å². The number of nitrogens with one attached hydrogen (secondary N) is 1. The Bertz CT molecular complexity index is 451. The molecule has 0 aromatic heterocycles. The summed E-state index contributed by atoms with van der Waals surface area (Å²) >= 11 is 0. The molecule has 1 aromatic rings. The Morgan fingerprint density at radius 3 is 2.90 bits per heavy atom. The van der Waals surface area contributed by atoms with Crippen LogP contribution in [0.5, 0.6) is 11.5 Å². The minimum Gasteiger partial charge on any atom is -0.493 e. The van der Waals surface area contributed by atoms with Crippen LogP contribution in [0.4, 0.5) is 0 Å². The topological polar surface area (TPSA) is 39.7 Å². The first-order valence-electron chi connectivity index (χ1n) is 8.00. The summed E-state index contributed by atoms with van der Waals surface area (Å²) in [5.41, 5.74) is 1.31. The molecule has 3 rings (SSSR count). The predicted octanol–water partition coefficient (Wildman–Crippen LogP) is 2.55. The van der Waals surface area contributed by atoms with Gasteiger partial charge >= 0.3 is 0 Å². The maximum Gasteiger partial charge on any atom is 0.161 e. The molecule has 1 N–H and O–H groups in total. The van der Waals surface area contributed by atoms with Gasteiger partial charge in [0.1, 0.15) is 6.10 Å². The van der Waals surface area contributed by atoms with Crippen molar-refractivity contribution in [3.63, 3.8) is 0 Å². The van der Waals surface area contributed by atoms with E-state index in [4.69, 9.17) is 14.2 Å². The average Bonchev–Trinajstić information content (AvgIpc) is 3.03. The van der Waals surface area contributed by atoms with Crippen molar-refractivity contribution in [2.24, 2.45) is 0 Å². The molecule has 2 saturated heterocycles. The monoisotopic (exact) mass is 291 g/mol. The zero-order chi connectivity index (χ0) is 14.5. The van der Waals surface area contributed by atoms with E-state index in [0.717, 1.165) is 37.5 Å². The number of methoxy groups -OCH3 is 1. The Morgan fingerprint density at radius 1 is 1.24 bits per heavy atom. The number of piperidine rings is 1. The number of rotatable bonds is 5. The fourth-order valence-corrected chi connectivity index (χ4v) is 3.10. The fourth-order valence-electron chi connectivity index (χ4n) is 3.10. The Morgan fingerprint density at radius 2 is 2.19 bits per heavy atom. The Balaban J connectivity index is 1.65. The minimum atomic E-state index is 0.157. The van der Waals surface area contributed by atoms with Crippen molar-refractivity contribution in [1.82, 2.24) is 5.32 Å². The second-order valence-corrected chi connectivity index (χ2v) is 5.94. The molecule has 2 aliphatic rings. The van der Waals surface area contributed by atoms with E-state index in [-0.39, 0.29) is 6.10 Å². The van der Waals surface area contributed by atoms with Gasteiger partial charge in [0.25, 0.3) is 0 Å². The molecular weight excluding hydrogens is 266 g/mol. The minimum absolute atomic E-state index is 0.157. The molecule has 0 saturated carbocycles. The van der Waals surface area contributed by atoms with Crippen LogP contribution >= 0.6 is 0 Å². The van der Waals surface area contributed by atoms with Crippen molar-refractivity contribution < 1.29 is 14.2 Å². The summed E-state index contributed by atoms with van der Waals surface area (Å²) in [4.78, 5) is 0. The first kappa shape index (κ1) is 14.7. The molecule has 0 amide bonds. The molecule has 2 unspecified atom stereocenters. The van der Waals surface area contributed by atoms with Crippen LogP contribution in [0.1, 0.15) is 31.2 Å². The second-order valence-electron chi connectivity index (χ2n) is 5.94. The lowest BCUT2D eigenvalue weighted by molar-refractivity contribution is 0.138. The zero-order valence-corrected chi connectivity index (χ0v) is 12.8. The highest BCUT2D eigenvalue weighted by atomic mass is 16.6. The van der Waals surface area contributed by atoms with Crippen LogP contribution in [0, 0.1) is 0 Å². The number of hydrogen-bond acceptors (Lipinski definition) is 4. The fraction of sp³-hybridized carbons (Fsp3) is 0.647. The summed E-state index contributed by atoms with van der Waals surface area (Å²) in [5, 5.41) is 3.59. The van der Waals surface area contributed by atoms with Gasteiger partial charge in [0.2, 0.25) is 0 Å². The largest absolute Gasteiger partial charge is 0.493 e. The molecule has 1 aromatic carbocycles. The van der Waals surface area contributed by atoms with E-state index in [0.29, 0.717) is 12.6 Å². The van der Waals surface area contributed by atoms with Crippen LogP contribution in [-0.2, 0) is 11.2 Å². The summed E-state index contributed by atoms with van der Waals surface area (Å²) in [6.45, 7) is 2.61. The van der Waals surface area contributed by atoms with E-state index in [2.05, 4.69) is 17.4 Å². The van der Waals surface area contributed by atoms with Crippen molar-refractivity contribution in [2.45, 2.75) is 44.2 Å². The lowest BCUT2D eigenvalue weighted by Gasteiger charge is -2.24. The van der Waals surface area contributed by atoms with Gasteiger partial charge in [-0.15, -0.1) is 0 Å². The molecule has 116 valence electrons. The third kappa shape index (κ3) is 3.89. The highest BCUT2D eigenvalue weighted by Gasteiger charge is 2.20. The highest BCUT2D eigenvalue weighted by molar-refractivity contribution is 5.43. The second kappa shape index (κ2) is 7.14. The SMILES string of the molecule is COc1cc(CC2CCCCN2)ccc1OC1CCOC1. The van der Waals surface area contributed by atoms with Crippen LogP contribution in [-0.4, -0.2) is 39.0 Å². The Labute approximate surface area is 126 Å². The molecule has 21 heavy (non-hydrogen) atoms.